The third kappa shape index (κ3) is 3.40. The summed E-state index contributed by atoms with van der Waals surface area (Å²) in [6, 6.07) is 0.0107. The molecule has 1 atom stereocenters. The van der Waals surface area contributed by atoms with Gasteiger partial charge in [-0.15, -0.1) is 0 Å². The van der Waals surface area contributed by atoms with Crippen molar-refractivity contribution in [3.63, 3.8) is 0 Å². The van der Waals surface area contributed by atoms with Gasteiger partial charge in [0.25, 0.3) is 5.91 Å². The summed E-state index contributed by atoms with van der Waals surface area (Å²) in [5, 5.41) is 3.07. The number of aromatic nitrogens is 1. The Balaban J connectivity index is 2.14. The first-order valence-corrected chi connectivity index (χ1v) is 8.16. The Hall–Kier alpha value is -1.62. The molecule has 0 radical (unpaired) electrons. The normalized spacial score (nSPS) is 17.3. The lowest BCUT2D eigenvalue weighted by Gasteiger charge is -2.30. The maximum Gasteiger partial charge on any atom is 0.268 e. The Bertz CT molecular complexity index is 556. The maximum atomic E-state index is 12.6. The Kier molecular flexibility index (Phi) is 5.40. The molecule has 1 aromatic rings. The topological polar surface area (TPSA) is 88.0 Å². The average molecular weight is 305 g/mol. The fraction of sp³-hybridized carbons (Fsp3) is 0.647. The van der Waals surface area contributed by atoms with Gasteiger partial charge in [-0.3, -0.25) is 9.59 Å². The van der Waals surface area contributed by atoms with Crippen molar-refractivity contribution >= 4 is 11.7 Å². The highest BCUT2D eigenvalue weighted by Crippen LogP contribution is 2.26. The largest absolute Gasteiger partial charge is 0.354 e. The predicted octanol–water partition coefficient (Wildman–Crippen LogP) is 2.47. The third-order valence-electron chi connectivity index (χ3n) is 4.81. The van der Waals surface area contributed by atoms with Crippen LogP contribution >= 0.6 is 0 Å². The predicted molar refractivity (Wildman–Crippen MR) is 87.2 cm³/mol. The van der Waals surface area contributed by atoms with Gasteiger partial charge in [0.05, 0.1) is 0 Å². The average Bonchev–Trinajstić information content (AvgIpc) is 2.80. The van der Waals surface area contributed by atoms with Gasteiger partial charge in [-0.1, -0.05) is 19.3 Å². The lowest BCUT2D eigenvalue weighted by molar-refractivity contribution is 0.0910. The number of rotatable bonds is 5. The Morgan fingerprint density at radius 3 is 2.41 bits per heavy atom. The van der Waals surface area contributed by atoms with Crippen LogP contribution in [0, 0.1) is 19.8 Å². The molecule has 5 heteroatoms. The number of hydrogen-bond donors (Lipinski definition) is 3. The molecule has 0 aromatic carbocycles. The summed E-state index contributed by atoms with van der Waals surface area (Å²) in [6.07, 6.45) is 5.96. The van der Waals surface area contributed by atoms with Gasteiger partial charge in [0.15, 0.2) is 5.78 Å². The molecule has 1 amide bonds. The second-order valence-electron chi connectivity index (χ2n) is 6.39. The highest BCUT2D eigenvalue weighted by molar-refractivity contribution is 6.02. The molecule has 22 heavy (non-hydrogen) atoms. The molecule has 1 saturated carbocycles. The first kappa shape index (κ1) is 16.7. The molecule has 0 aliphatic heterocycles. The molecule has 1 unspecified atom stereocenters. The zero-order valence-corrected chi connectivity index (χ0v) is 13.8. The van der Waals surface area contributed by atoms with Crippen LogP contribution in [0.25, 0.3) is 0 Å². The molecule has 1 aliphatic carbocycles. The lowest BCUT2D eigenvalue weighted by Crippen LogP contribution is -2.46. The molecule has 1 aliphatic rings. The standard InChI is InChI=1S/C17H27N3O2/c1-10-15(12(3)21)11(2)19-16(10)17(22)20-14(9-18)13-7-5-4-6-8-13/h13-14,19H,4-9,18H2,1-3H3,(H,20,22). The number of carbonyl (C=O) groups is 2. The molecule has 5 nitrogen and oxygen atoms in total. The van der Waals surface area contributed by atoms with Crippen molar-refractivity contribution in [2.45, 2.75) is 58.9 Å². The number of carbonyl (C=O) groups excluding carboxylic acids is 2. The minimum absolute atomic E-state index is 0.0107. The minimum atomic E-state index is -0.158. The zero-order valence-electron chi connectivity index (χ0n) is 13.8. The Labute approximate surface area is 132 Å². The van der Waals surface area contributed by atoms with Crippen molar-refractivity contribution in [1.82, 2.24) is 10.3 Å². The summed E-state index contributed by atoms with van der Waals surface area (Å²) in [5.74, 6) is 0.286. The molecular formula is C17H27N3O2. The molecule has 2 rings (SSSR count). The summed E-state index contributed by atoms with van der Waals surface area (Å²) < 4.78 is 0. The van der Waals surface area contributed by atoms with Crippen LogP contribution in [0.3, 0.4) is 0 Å². The highest BCUT2D eigenvalue weighted by atomic mass is 16.2. The van der Waals surface area contributed by atoms with Crippen LogP contribution in [0.5, 0.6) is 0 Å². The van der Waals surface area contributed by atoms with E-state index < -0.39 is 0 Å². The van der Waals surface area contributed by atoms with Crippen LogP contribution in [0.15, 0.2) is 0 Å². The van der Waals surface area contributed by atoms with Crippen molar-refractivity contribution in [3.8, 4) is 0 Å². The molecular weight excluding hydrogens is 278 g/mol. The van der Waals surface area contributed by atoms with E-state index in [1.54, 1.807) is 0 Å². The number of aryl methyl sites for hydroxylation is 1. The van der Waals surface area contributed by atoms with E-state index in [0.29, 0.717) is 23.7 Å². The van der Waals surface area contributed by atoms with E-state index in [1.807, 2.05) is 13.8 Å². The number of ketones is 1. The van der Waals surface area contributed by atoms with Crippen molar-refractivity contribution in [3.05, 3.63) is 22.5 Å². The second-order valence-corrected chi connectivity index (χ2v) is 6.39. The van der Waals surface area contributed by atoms with Gasteiger partial charge in [0.1, 0.15) is 5.69 Å². The molecule has 1 fully saturated rings. The van der Waals surface area contributed by atoms with Gasteiger partial charge >= 0.3 is 0 Å². The second kappa shape index (κ2) is 7.09. The van der Waals surface area contributed by atoms with Crippen molar-refractivity contribution in [2.24, 2.45) is 11.7 Å². The zero-order chi connectivity index (χ0) is 16.3. The lowest BCUT2D eigenvalue weighted by atomic mass is 9.84. The summed E-state index contributed by atoms with van der Waals surface area (Å²) in [5.41, 5.74) is 8.44. The summed E-state index contributed by atoms with van der Waals surface area (Å²) >= 11 is 0. The van der Waals surface area contributed by atoms with Crippen molar-refractivity contribution in [2.75, 3.05) is 6.54 Å². The Morgan fingerprint density at radius 1 is 1.27 bits per heavy atom. The third-order valence-corrected chi connectivity index (χ3v) is 4.81. The number of hydrogen-bond acceptors (Lipinski definition) is 3. The van der Waals surface area contributed by atoms with E-state index in [-0.39, 0.29) is 17.7 Å². The molecule has 1 aromatic heterocycles. The van der Waals surface area contributed by atoms with E-state index in [0.717, 1.165) is 24.1 Å². The van der Waals surface area contributed by atoms with Crippen LogP contribution in [0.1, 0.15) is 71.1 Å². The molecule has 122 valence electrons. The van der Waals surface area contributed by atoms with Gasteiger partial charge < -0.3 is 16.0 Å². The monoisotopic (exact) mass is 305 g/mol. The first-order valence-electron chi connectivity index (χ1n) is 8.16. The van der Waals surface area contributed by atoms with Crippen LogP contribution < -0.4 is 11.1 Å². The molecule has 0 spiro atoms. The Morgan fingerprint density at radius 2 is 1.91 bits per heavy atom. The number of amides is 1. The van der Waals surface area contributed by atoms with Crippen LogP contribution in [0.2, 0.25) is 0 Å². The van der Waals surface area contributed by atoms with Gasteiger partial charge in [0, 0.05) is 23.8 Å². The van der Waals surface area contributed by atoms with E-state index in [9.17, 15) is 9.59 Å². The molecule has 0 saturated heterocycles. The molecule has 0 bridgehead atoms. The maximum absolute atomic E-state index is 12.6. The molecule has 4 N–H and O–H groups in total. The van der Waals surface area contributed by atoms with E-state index in [4.69, 9.17) is 5.73 Å². The fourth-order valence-electron chi connectivity index (χ4n) is 3.65. The van der Waals surface area contributed by atoms with Crippen molar-refractivity contribution in [1.29, 1.82) is 0 Å². The van der Waals surface area contributed by atoms with Gasteiger partial charge in [-0.05, 0) is 45.1 Å². The SMILES string of the molecule is CC(=O)c1c(C)[nH]c(C(=O)NC(CN)C2CCCCC2)c1C. The smallest absolute Gasteiger partial charge is 0.268 e. The first-order chi connectivity index (χ1) is 10.5. The van der Waals surface area contributed by atoms with Crippen molar-refractivity contribution < 1.29 is 9.59 Å². The van der Waals surface area contributed by atoms with Gasteiger partial charge in [-0.25, -0.2) is 0 Å². The number of nitrogens with two attached hydrogens (primary N) is 1. The number of H-pyrrole nitrogens is 1. The minimum Gasteiger partial charge on any atom is -0.354 e. The van der Waals surface area contributed by atoms with Gasteiger partial charge in [-0.2, -0.15) is 0 Å². The number of Topliss-reactive ketones (excluding diaryl/α,β-unsaturated/α-hetero) is 1. The summed E-state index contributed by atoms with van der Waals surface area (Å²) in [7, 11) is 0. The fourth-order valence-corrected chi connectivity index (χ4v) is 3.65. The number of aromatic amines is 1. The molecule has 1 heterocycles. The van der Waals surface area contributed by atoms with Crippen LogP contribution in [-0.4, -0.2) is 29.3 Å². The highest BCUT2D eigenvalue weighted by Gasteiger charge is 2.26. The van der Waals surface area contributed by atoms with Gasteiger partial charge in [0.2, 0.25) is 0 Å². The van der Waals surface area contributed by atoms with Crippen LogP contribution in [-0.2, 0) is 0 Å². The van der Waals surface area contributed by atoms with E-state index >= 15 is 0 Å². The van der Waals surface area contributed by atoms with Crippen LogP contribution in [0.4, 0.5) is 0 Å². The summed E-state index contributed by atoms with van der Waals surface area (Å²) in [4.78, 5) is 27.3. The summed E-state index contributed by atoms with van der Waals surface area (Å²) in [6.45, 7) is 5.61. The quantitative estimate of drug-likeness (QED) is 0.730. The van der Waals surface area contributed by atoms with E-state index in [1.165, 1.54) is 26.2 Å². The number of nitrogens with one attached hydrogen (secondary N) is 2. The van der Waals surface area contributed by atoms with E-state index in [2.05, 4.69) is 10.3 Å².